The number of alkyl halides is 3. The Kier molecular flexibility index (Phi) is 4.17. The van der Waals surface area contributed by atoms with Crippen LogP contribution in [0.5, 0.6) is 0 Å². The van der Waals surface area contributed by atoms with Gasteiger partial charge in [-0.05, 0) is 42.2 Å². The van der Waals surface area contributed by atoms with E-state index in [1.54, 1.807) is 17.0 Å². The van der Waals surface area contributed by atoms with Gasteiger partial charge in [-0.25, -0.2) is 4.98 Å². The SMILES string of the molecule is O=C(c1cnccn1)N1C[C@H]2C[C@H](c3ccccc3C(F)(F)F)C[C@H]2C1. The largest absolute Gasteiger partial charge is 0.416 e. The van der Waals surface area contributed by atoms with Gasteiger partial charge < -0.3 is 4.90 Å². The van der Waals surface area contributed by atoms with Crippen LogP contribution < -0.4 is 0 Å². The lowest BCUT2D eigenvalue weighted by Crippen LogP contribution is -2.30. The van der Waals surface area contributed by atoms with Crippen LogP contribution in [-0.2, 0) is 6.18 Å². The van der Waals surface area contributed by atoms with E-state index in [0.29, 0.717) is 37.2 Å². The summed E-state index contributed by atoms with van der Waals surface area (Å²) in [5, 5.41) is 0. The van der Waals surface area contributed by atoms with Crippen molar-refractivity contribution in [1.29, 1.82) is 0 Å². The molecule has 136 valence electrons. The van der Waals surface area contributed by atoms with E-state index in [-0.39, 0.29) is 23.7 Å². The van der Waals surface area contributed by atoms with Crippen molar-refractivity contribution < 1.29 is 18.0 Å². The molecule has 1 amide bonds. The van der Waals surface area contributed by atoms with E-state index >= 15 is 0 Å². The molecule has 2 aliphatic rings. The second-order valence-electron chi connectivity index (χ2n) is 7.07. The number of likely N-dealkylation sites (tertiary alicyclic amines) is 1. The Hall–Kier alpha value is -2.44. The Balaban J connectivity index is 1.47. The van der Waals surface area contributed by atoms with Gasteiger partial charge in [0.15, 0.2) is 0 Å². The van der Waals surface area contributed by atoms with Gasteiger partial charge in [-0.1, -0.05) is 18.2 Å². The molecule has 4 rings (SSSR count). The van der Waals surface area contributed by atoms with Crippen molar-refractivity contribution in [2.24, 2.45) is 11.8 Å². The summed E-state index contributed by atoms with van der Waals surface area (Å²) in [4.78, 5) is 22.2. The quantitative estimate of drug-likeness (QED) is 0.818. The number of hydrogen-bond acceptors (Lipinski definition) is 3. The molecule has 0 spiro atoms. The molecular weight excluding hydrogens is 343 g/mol. The van der Waals surface area contributed by atoms with E-state index in [2.05, 4.69) is 9.97 Å². The molecule has 1 aromatic carbocycles. The van der Waals surface area contributed by atoms with Crippen molar-refractivity contribution >= 4 is 5.91 Å². The molecule has 1 saturated carbocycles. The molecule has 2 aromatic rings. The van der Waals surface area contributed by atoms with Crippen LogP contribution in [0.1, 0.15) is 40.4 Å². The number of hydrogen-bond donors (Lipinski definition) is 0. The average Bonchev–Trinajstić information content (AvgIpc) is 3.20. The first-order valence-electron chi connectivity index (χ1n) is 8.65. The fourth-order valence-electron chi connectivity index (χ4n) is 4.40. The second kappa shape index (κ2) is 6.37. The van der Waals surface area contributed by atoms with Crippen molar-refractivity contribution in [2.75, 3.05) is 13.1 Å². The van der Waals surface area contributed by atoms with Crippen LogP contribution in [0.15, 0.2) is 42.9 Å². The number of carbonyl (C=O) groups is 1. The Bertz CT molecular complexity index is 795. The fourth-order valence-corrected chi connectivity index (χ4v) is 4.40. The fraction of sp³-hybridized carbons (Fsp3) is 0.421. The van der Waals surface area contributed by atoms with E-state index in [1.165, 1.54) is 24.7 Å². The minimum atomic E-state index is -4.33. The molecule has 4 nitrogen and oxygen atoms in total. The monoisotopic (exact) mass is 361 g/mol. The molecule has 1 saturated heterocycles. The van der Waals surface area contributed by atoms with Crippen molar-refractivity contribution in [3.63, 3.8) is 0 Å². The third-order valence-corrected chi connectivity index (χ3v) is 5.53. The lowest BCUT2D eigenvalue weighted by atomic mass is 9.91. The highest BCUT2D eigenvalue weighted by molar-refractivity contribution is 5.92. The van der Waals surface area contributed by atoms with Gasteiger partial charge in [0.2, 0.25) is 0 Å². The van der Waals surface area contributed by atoms with Gasteiger partial charge in [-0.15, -0.1) is 0 Å². The van der Waals surface area contributed by atoms with Crippen molar-refractivity contribution in [3.8, 4) is 0 Å². The summed E-state index contributed by atoms with van der Waals surface area (Å²) in [5.74, 6) is 0.222. The molecule has 1 aliphatic carbocycles. The third-order valence-electron chi connectivity index (χ3n) is 5.53. The van der Waals surface area contributed by atoms with Crippen LogP contribution in [0, 0.1) is 11.8 Å². The van der Waals surface area contributed by atoms with Crippen molar-refractivity contribution in [2.45, 2.75) is 24.9 Å². The van der Waals surface area contributed by atoms with E-state index in [1.807, 2.05) is 0 Å². The highest BCUT2D eigenvalue weighted by Crippen LogP contribution is 2.48. The van der Waals surface area contributed by atoms with E-state index < -0.39 is 11.7 Å². The average molecular weight is 361 g/mol. The summed E-state index contributed by atoms with van der Waals surface area (Å²) in [6.07, 6.45) is 1.47. The third kappa shape index (κ3) is 3.06. The number of nitrogens with zero attached hydrogens (tertiary/aromatic N) is 3. The number of aromatic nitrogens is 2. The van der Waals surface area contributed by atoms with Gasteiger partial charge in [0.05, 0.1) is 11.8 Å². The first-order chi connectivity index (χ1) is 12.4. The highest BCUT2D eigenvalue weighted by Gasteiger charge is 2.45. The predicted octanol–water partition coefficient (Wildman–Crippen LogP) is 3.76. The molecule has 3 atom stereocenters. The summed E-state index contributed by atoms with van der Waals surface area (Å²) in [6.45, 7) is 1.15. The lowest BCUT2D eigenvalue weighted by molar-refractivity contribution is -0.138. The molecule has 1 aliphatic heterocycles. The maximum absolute atomic E-state index is 13.3. The van der Waals surface area contributed by atoms with Crippen LogP contribution in [0.4, 0.5) is 13.2 Å². The molecule has 26 heavy (non-hydrogen) atoms. The molecule has 0 unspecified atom stereocenters. The minimum absolute atomic E-state index is 0.100. The smallest absolute Gasteiger partial charge is 0.337 e. The van der Waals surface area contributed by atoms with Crippen molar-refractivity contribution in [3.05, 3.63) is 59.7 Å². The summed E-state index contributed by atoms with van der Waals surface area (Å²) < 4.78 is 39.8. The first kappa shape index (κ1) is 17.0. The molecule has 2 fully saturated rings. The van der Waals surface area contributed by atoms with Gasteiger partial charge in [-0.3, -0.25) is 9.78 Å². The molecule has 1 aromatic heterocycles. The highest BCUT2D eigenvalue weighted by atomic mass is 19.4. The molecule has 0 radical (unpaired) electrons. The van der Waals surface area contributed by atoms with E-state index in [4.69, 9.17) is 0 Å². The number of benzene rings is 1. The van der Waals surface area contributed by atoms with E-state index in [0.717, 1.165) is 6.07 Å². The Labute approximate surface area is 149 Å². The Morgan fingerprint density at radius 1 is 1.08 bits per heavy atom. The molecule has 7 heteroatoms. The summed E-state index contributed by atoms with van der Waals surface area (Å²) in [7, 11) is 0. The van der Waals surface area contributed by atoms with Crippen molar-refractivity contribution in [1.82, 2.24) is 14.9 Å². The maximum Gasteiger partial charge on any atom is 0.416 e. The van der Waals surface area contributed by atoms with Gasteiger partial charge in [0.25, 0.3) is 5.91 Å². The van der Waals surface area contributed by atoms with E-state index in [9.17, 15) is 18.0 Å². The minimum Gasteiger partial charge on any atom is -0.337 e. The Morgan fingerprint density at radius 3 is 2.38 bits per heavy atom. The Morgan fingerprint density at radius 2 is 1.77 bits per heavy atom. The number of fused-ring (bicyclic) bond motifs is 1. The molecule has 0 bridgehead atoms. The van der Waals surface area contributed by atoms with Crippen LogP contribution in [0.2, 0.25) is 0 Å². The zero-order valence-electron chi connectivity index (χ0n) is 14.0. The summed E-state index contributed by atoms with van der Waals surface area (Å²) in [5.41, 5.74) is 0.171. The normalized spacial score (nSPS) is 25.3. The van der Waals surface area contributed by atoms with Crippen LogP contribution >= 0.6 is 0 Å². The molecule has 2 heterocycles. The molecular formula is C19H18F3N3O. The lowest BCUT2D eigenvalue weighted by Gasteiger charge is -2.21. The predicted molar refractivity (Wildman–Crippen MR) is 88.3 cm³/mol. The van der Waals surface area contributed by atoms with Gasteiger partial charge in [0, 0.05) is 25.5 Å². The molecule has 0 N–H and O–H groups in total. The standard InChI is InChI=1S/C19H18F3N3O/c20-19(21,22)16-4-2-1-3-15(16)12-7-13-10-25(11-14(13)8-12)18(26)17-9-23-5-6-24-17/h1-6,9,12-14H,7-8,10-11H2/t12-,13+,14-. The van der Waals surface area contributed by atoms with Gasteiger partial charge >= 0.3 is 6.18 Å². The zero-order valence-corrected chi connectivity index (χ0v) is 14.0. The van der Waals surface area contributed by atoms with Gasteiger partial charge in [-0.2, -0.15) is 13.2 Å². The number of rotatable bonds is 2. The number of amides is 1. The summed E-state index contributed by atoms with van der Waals surface area (Å²) >= 11 is 0. The van der Waals surface area contributed by atoms with Crippen LogP contribution in [0.3, 0.4) is 0 Å². The summed E-state index contributed by atoms with van der Waals surface area (Å²) in [6, 6.07) is 5.86. The zero-order chi connectivity index (χ0) is 18.3. The number of carbonyl (C=O) groups excluding carboxylic acids is 1. The first-order valence-corrected chi connectivity index (χ1v) is 8.65. The number of halogens is 3. The van der Waals surface area contributed by atoms with Crippen LogP contribution in [-0.4, -0.2) is 33.9 Å². The second-order valence-corrected chi connectivity index (χ2v) is 7.07. The van der Waals surface area contributed by atoms with Gasteiger partial charge in [0.1, 0.15) is 5.69 Å². The maximum atomic E-state index is 13.3. The topological polar surface area (TPSA) is 46.1 Å². The van der Waals surface area contributed by atoms with Crippen LogP contribution in [0.25, 0.3) is 0 Å².